The summed E-state index contributed by atoms with van der Waals surface area (Å²) in [4.78, 5) is 35.5. The molecule has 28 heavy (non-hydrogen) atoms. The molecule has 0 radical (unpaired) electrons. The van der Waals surface area contributed by atoms with Crippen LogP contribution < -0.4 is 9.80 Å². The number of carbonyl (C=O) groups is 3. The fraction of sp³-hybridized carbons (Fsp3) is 0.250. The lowest BCUT2D eigenvalue weighted by molar-refractivity contribution is -0.106. The second kappa shape index (κ2) is 12.9. The number of carbonyl (C=O) groups excluding carboxylic acids is 3. The van der Waals surface area contributed by atoms with E-state index < -0.39 is 12.2 Å². The molecule has 2 aromatic carbocycles. The van der Waals surface area contributed by atoms with Crippen molar-refractivity contribution in [2.45, 2.75) is 0 Å². The van der Waals surface area contributed by atoms with Crippen LogP contribution in [0, 0.1) is 0 Å². The summed E-state index contributed by atoms with van der Waals surface area (Å²) in [5.41, 5.74) is 1.36. The zero-order chi connectivity index (χ0) is 20.8. The van der Waals surface area contributed by atoms with Gasteiger partial charge in [0.25, 0.3) is 0 Å². The van der Waals surface area contributed by atoms with E-state index in [4.69, 9.17) is 5.11 Å². The van der Waals surface area contributed by atoms with Crippen molar-refractivity contribution in [1.82, 2.24) is 0 Å². The quantitative estimate of drug-likeness (QED) is 0.765. The molecular formula is C20H24N2O6. The van der Waals surface area contributed by atoms with Gasteiger partial charge in [-0.2, -0.15) is 0 Å². The number of aliphatic hydroxyl groups excluding tert-OH is 1. The van der Waals surface area contributed by atoms with E-state index in [1.54, 1.807) is 36.4 Å². The first-order chi connectivity index (χ1) is 13.6. The fourth-order valence-corrected chi connectivity index (χ4v) is 2.22. The minimum atomic E-state index is -0.539. The maximum absolute atomic E-state index is 11.3. The maximum atomic E-state index is 11.3. The number of methoxy groups -OCH3 is 2. The molecule has 0 heterocycles. The van der Waals surface area contributed by atoms with Crippen molar-refractivity contribution in [2.24, 2.45) is 0 Å². The lowest BCUT2D eigenvalue weighted by Crippen LogP contribution is -2.33. The summed E-state index contributed by atoms with van der Waals surface area (Å²) in [6.07, 6.45) is -0.349. The molecule has 150 valence electrons. The highest BCUT2D eigenvalue weighted by Gasteiger charge is 2.15. The average molecular weight is 388 g/mol. The van der Waals surface area contributed by atoms with Gasteiger partial charge in [0.15, 0.2) is 0 Å². The highest BCUT2D eigenvalue weighted by molar-refractivity contribution is 5.90. The Kier molecular flexibility index (Phi) is 10.4. The molecule has 0 aliphatic carbocycles. The number of hydrogen-bond acceptors (Lipinski definition) is 6. The summed E-state index contributed by atoms with van der Waals surface area (Å²) < 4.78 is 9.14. The number of rotatable bonds is 6. The van der Waals surface area contributed by atoms with Crippen LogP contribution in [0.15, 0.2) is 60.7 Å². The largest absolute Gasteiger partial charge is 0.452 e. The number of ether oxygens (including phenoxy) is 2. The molecule has 0 atom stereocenters. The van der Waals surface area contributed by atoms with Crippen molar-refractivity contribution < 1.29 is 29.0 Å². The first-order valence-electron chi connectivity index (χ1n) is 8.44. The van der Waals surface area contributed by atoms with E-state index in [-0.39, 0.29) is 19.7 Å². The number of benzene rings is 2. The molecule has 0 fully saturated rings. The Balaban J connectivity index is 0.000000280. The van der Waals surface area contributed by atoms with Gasteiger partial charge in [-0.3, -0.25) is 9.80 Å². The molecule has 8 heteroatoms. The zero-order valence-corrected chi connectivity index (χ0v) is 15.9. The van der Waals surface area contributed by atoms with Crippen LogP contribution in [0.1, 0.15) is 0 Å². The normalized spacial score (nSPS) is 9.39. The Morgan fingerprint density at radius 2 is 1.29 bits per heavy atom. The highest BCUT2D eigenvalue weighted by Crippen LogP contribution is 2.14. The predicted octanol–water partition coefficient (Wildman–Crippen LogP) is 2.71. The first kappa shape index (κ1) is 22.7. The lowest BCUT2D eigenvalue weighted by Gasteiger charge is -2.19. The topological polar surface area (TPSA) is 96.4 Å². The average Bonchev–Trinajstić information content (AvgIpc) is 2.76. The van der Waals surface area contributed by atoms with Crippen molar-refractivity contribution in [1.29, 1.82) is 0 Å². The summed E-state index contributed by atoms with van der Waals surface area (Å²) in [6.45, 7) is 0.136. The molecule has 2 amide bonds. The van der Waals surface area contributed by atoms with E-state index in [0.717, 1.165) is 0 Å². The second-order valence-corrected chi connectivity index (χ2v) is 5.26. The second-order valence-electron chi connectivity index (χ2n) is 5.26. The van der Waals surface area contributed by atoms with Gasteiger partial charge in [0.1, 0.15) is 6.29 Å². The summed E-state index contributed by atoms with van der Waals surface area (Å²) in [5.74, 6) is 0. The number of para-hydroxylation sites is 2. The van der Waals surface area contributed by atoms with E-state index in [1.807, 2.05) is 24.3 Å². The van der Waals surface area contributed by atoms with Crippen LogP contribution in [0.4, 0.5) is 21.0 Å². The Labute approximate surface area is 163 Å². The van der Waals surface area contributed by atoms with Gasteiger partial charge in [-0.25, -0.2) is 9.59 Å². The summed E-state index contributed by atoms with van der Waals surface area (Å²) in [6, 6.07) is 18.0. The fourth-order valence-electron chi connectivity index (χ4n) is 2.22. The van der Waals surface area contributed by atoms with Crippen molar-refractivity contribution in [3.63, 3.8) is 0 Å². The molecule has 0 spiro atoms. The van der Waals surface area contributed by atoms with Crippen LogP contribution in [-0.2, 0) is 14.3 Å². The van der Waals surface area contributed by atoms with Gasteiger partial charge in [0.05, 0.1) is 33.9 Å². The molecule has 0 aliphatic rings. The molecule has 0 aromatic heterocycles. The summed E-state index contributed by atoms with van der Waals surface area (Å²) in [7, 11) is 2.60. The van der Waals surface area contributed by atoms with Crippen LogP contribution >= 0.6 is 0 Å². The lowest BCUT2D eigenvalue weighted by atomic mass is 10.3. The predicted molar refractivity (Wildman–Crippen MR) is 106 cm³/mol. The summed E-state index contributed by atoms with van der Waals surface area (Å²) in [5, 5.41) is 8.79. The first-order valence-corrected chi connectivity index (χ1v) is 8.44. The van der Waals surface area contributed by atoms with Gasteiger partial charge in [-0.1, -0.05) is 36.4 Å². The Bertz CT molecular complexity index is 724. The van der Waals surface area contributed by atoms with E-state index in [1.165, 1.54) is 24.0 Å². The zero-order valence-electron chi connectivity index (χ0n) is 15.9. The van der Waals surface area contributed by atoms with Gasteiger partial charge in [0, 0.05) is 11.4 Å². The molecule has 0 aliphatic heterocycles. The van der Waals surface area contributed by atoms with E-state index in [2.05, 4.69) is 9.47 Å². The van der Waals surface area contributed by atoms with Gasteiger partial charge in [-0.15, -0.1) is 0 Å². The SMILES string of the molecule is COC(=O)N(CC=O)c1ccccc1.COC(=O)N(CCO)c1ccccc1. The number of nitrogens with zero attached hydrogens (tertiary/aromatic N) is 2. The molecule has 0 saturated carbocycles. The molecule has 0 saturated heterocycles. The van der Waals surface area contributed by atoms with Gasteiger partial charge >= 0.3 is 12.2 Å². The number of hydrogen-bond donors (Lipinski definition) is 1. The molecule has 8 nitrogen and oxygen atoms in total. The maximum Gasteiger partial charge on any atom is 0.414 e. The summed E-state index contributed by atoms with van der Waals surface area (Å²) >= 11 is 0. The Morgan fingerprint density at radius 1 is 0.857 bits per heavy atom. The van der Waals surface area contributed by atoms with Crippen LogP contribution in [0.2, 0.25) is 0 Å². The van der Waals surface area contributed by atoms with Crippen LogP contribution in [0.25, 0.3) is 0 Å². The van der Waals surface area contributed by atoms with Crippen molar-refractivity contribution >= 4 is 29.8 Å². The molecule has 1 N–H and O–H groups in total. The van der Waals surface area contributed by atoms with Gasteiger partial charge in [-0.05, 0) is 24.3 Å². The smallest absolute Gasteiger partial charge is 0.414 e. The van der Waals surface area contributed by atoms with Gasteiger partial charge < -0.3 is 19.4 Å². The van der Waals surface area contributed by atoms with Crippen LogP contribution in [0.3, 0.4) is 0 Å². The Hall–Kier alpha value is -3.39. The third-order valence-corrected chi connectivity index (χ3v) is 3.51. The third kappa shape index (κ3) is 7.08. The molecule has 2 rings (SSSR count). The Morgan fingerprint density at radius 3 is 1.68 bits per heavy atom. The number of amides is 2. The van der Waals surface area contributed by atoms with Crippen molar-refractivity contribution in [2.75, 3.05) is 43.7 Å². The highest BCUT2D eigenvalue weighted by atomic mass is 16.5. The van der Waals surface area contributed by atoms with Crippen LogP contribution in [0.5, 0.6) is 0 Å². The third-order valence-electron chi connectivity index (χ3n) is 3.51. The molecular weight excluding hydrogens is 364 g/mol. The standard InChI is InChI=1S/C10H13NO3.C10H11NO3/c2*1-14-10(13)11(7-8-12)9-5-3-2-4-6-9/h2-6,12H,7-8H2,1H3;2-6,8H,7H2,1H3. The monoisotopic (exact) mass is 388 g/mol. The van der Waals surface area contributed by atoms with Crippen LogP contribution in [-0.4, -0.2) is 57.5 Å². The van der Waals surface area contributed by atoms with E-state index in [9.17, 15) is 14.4 Å². The van der Waals surface area contributed by atoms with E-state index >= 15 is 0 Å². The molecule has 0 unspecified atom stereocenters. The molecule has 0 bridgehead atoms. The van der Waals surface area contributed by atoms with Crippen molar-refractivity contribution in [3.8, 4) is 0 Å². The number of aldehydes is 1. The van der Waals surface area contributed by atoms with Gasteiger partial charge in [0.2, 0.25) is 0 Å². The molecule has 2 aromatic rings. The van der Waals surface area contributed by atoms with E-state index in [0.29, 0.717) is 17.7 Å². The number of aliphatic hydroxyl groups is 1. The number of anilines is 2. The minimum absolute atomic E-state index is 0.00329. The minimum Gasteiger partial charge on any atom is -0.452 e. The van der Waals surface area contributed by atoms with Crippen molar-refractivity contribution in [3.05, 3.63) is 60.7 Å².